The van der Waals surface area contributed by atoms with Crippen LogP contribution in [-0.2, 0) is 5.41 Å². The SMILES string of the molecule is CC1(C)c2ccccc2-c2ccc(N(c3ccc(-c4ccccc4)cc3)c3ccc(-c4c(-c5ccccc5)n(-c5ccccc5)c5c4cc(F)c4ccccc45)cc3)cc21. The minimum absolute atomic E-state index is 0.144. The van der Waals surface area contributed by atoms with Crippen LogP contribution in [-0.4, -0.2) is 4.57 Å². The van der Waals surface area contributed by atoms with Crippen LogP contribution in [0.5, 0.6) is 0 Å². The zero-order valence-electron chi connectivity index (χ0n) is 33.5. The van der Waals surface area contributed by atoms with E-state index in [1.807, 2.05) is 36.4 Å². The van der Waals surface area contributed by atoms with Gasteiger partial charge < -0.3 is 9.47 Å². The molecule has 3 heteroatoms. The van der Waals surface area contributed by atoms with Crippen LogP contribution in [0.15, 0.2) is 212 Å². The average molecular weight is 773 g/mol. The molecule has 0 radical (unpaired) electrons. The van der Waals surface area contributed by atoms with E-state index >= 15 is 4.39 Å². The van der Waals surface area contributed by atoms with Crippen LogP contribution >= 0.6 is 0 Å². The maximum absolute atomic E-state index is 16.3. The van der Waals surface area contributed by atoms with Crippen molar-refractivity contribution < 1.29 is 4.39 Å². The number of hydrogen-bond donors (Lipinski definition) is 0. The first-order chi connectivity index (χ1) is 29.5. The van der Waals surface area contributed by atoms with Gasteiger partial charge in [-0.05, 0) is 99.1 Å². The summed E-state index contributed by atoms with van der Waals surface area (Å²) >= 11 is 0. The van der Waals surface area contributed by atoms with E-state index in [0.29, 0.717) is 5.39 Å². The molecule has 1 aliphatic rings. The van der Waals surface area contributed by atoms with Crippen LogP contribution < -0.4 is 4.90 Å². The molecule has 0 saturated heterocycles. The van der Waals surface area contributed by atoms with Crippen LogP contribution in [0.4, 0.5) is 21.5 Å². The summed E-state index contributed by atoms with van der Waals surface area (Å²) in [4.78, 5) is 2.36. The Hall–Kier alpha value is -7.49. The van der Waals surface area contributed by atoms with Crippen LogP contribution in [0.2, 0.25) is 0 Å². The summed E-state index contributed by atoms with van der Waals surface area (Å²) in [6.07, 6.45) is 0. The van der Waals surface area contributed by atoms with Crippen molar-refractivity contribution >= 4 is 38.7 Å². The predicted molar refractivity (Wildman–Crippen MR) is 249 cm³/mol. The highest BCUT2D eigenvalue weighted by atomic mass is 19.1. The van der Waals surface area contributed by atoms with Gasteiger partial charge in [0.15, 0.2) is 0 Å². The van der Waals surface area contributed by atoms with Crippen molar-refractivity contribution in [2.45, 2.75) is 19.3 Å². The molecular weight excluding hydrogens is 732 g/mol. The second-order valence-corrected chi connectivity index (χ2v) is 16.3. The lowest BCUT2D eigenvalue weighted by molar-refractivity contribution is 0.641. The zero-order chi connectivity index (χ0) is 40.4. The third kappa shape index (κ3) is 5.69. The van der Waals surface area contributed by atoms with Crippen molar-refractivity contribution in [3.63, 3.8) is 0 Å². The molecule has 0 bridgehead atoms. The van der Waals surface area contributed by atoms with Gasteiger partial charge >= 0.3 is 0 Å². The lowest BCUT2D eigenvalue weighted by atomic mass is 9.82. The summed E-state index contributed by atoms with van der Waals surface area (Å²) in [5, 5.41) is 2.36. The summed E-state index contributed by atoms with van der Waals surface area (Å²) in [6, 6.07) is 74.4. The van der Waals surface area contributed by atoms with Crippen molar-refractivity contribution in [2.75, 3.05) is 4.90 Å². The maximum Gasteiger partial charge on any atom is 0.131 e. The number of rotatable bonds is 7. The lowest BCUT2D eigenvalue weighted by Crippen LogP contribution is -2.16. The minimum atomic E-state index is -0.229. The summed E-state index contributed by atoms with van der Waals surface area (Å²) in [6.45, 7) is 4.66. The smallest absolute Gasteiger partial charge is 0.131 e. The quantitative estimate of drug-likeness (QED) is 0.157. The monoisotopic (exact) mass is 772 g/mol. The molecule has 10 aromatic rings. The van der Waals surface area contributed by atoms with Crippen molar-refractivity contribution in [2.24, 2.45) is 0 Å². The molecule has 0 saturated carbocycles. The Labute approximate surface area is 350 Å². The van der Waals surface area contributed by atoms with Gasteiger partial charge in [-0.3, -0.25) is 0 Å². The van der Waals surface area contributed by atoms with E-state index in [0.717, 1.165) is 61.4 Å². The van der Waals surface area contributed by atoms with Gasteiger partial charge in [0.05, 0.1) is 11.2 Å². The molecule has 1 aliphatic carbocycles. The summed E-state index contributed by atoms with van der Waals surface area (Å²) in [7, 11) is 0. The highest BCUT2D eigenvalue weighted by Gasteiger charge is 2.36. The molecule has 1 heterocycles. The number of benzene rings is 9. The number of anilines is 3. The first-order valence-electron chi connectivity index (χ1n) is 20.6. The van der Waals surface area contributed by atoms with E-state index in [9.17, 15) is 0 Å². The van der Waals surface area contributed by atoms with Gasteiger partial charge in [0.2, 0.25) is 0 Å². The molecule has 0 amide bonds. The average Bonchev–Trinajstić information content (AvgIpc) is 3.76. The van der Waals surface area contributed by atoms with Gasteiger partial charge in [0.1, 0.15) is 5.82 Å². The van der Waals surface area contributed by atoms with Crippen molar-refractivity contribution in [3.05, 3.63) is 229 Å². The number of fused-ring (bicyclic) bond motifs is 6. The van der Waals surface area contributed by atoms with Crippen molar-refractivity contribution in [1.82, 2.24) is 4.57 Å². The second-order valence-electron chi connectivity index (χ2n) is 16.3. The standard InChI is InChI=1S/C57H41FN2/c1-57(2)51-25-15-14-22-46(51)47-35-34-45(36-52(47)57)59(43-30-26-39(27-31-43)38-16-6-3-7-17-38)44-32-28-40(29-33-44)54-50-37-53(58)48-23-12-13-24-49(48)56(50)60(42-20-10-5-11-21-42)55(54)41-18-8-4-9-19-41/h3-37H,1-2H3. The Morgan fingerprint density at radius 2 is 0.933 bits per heavy atom. The Bertz CT molecular complexity index is 3200. The summed E-state index contributed by atoms with van der Waals surface area (Å²) in [5.74, 6) is -0.229. The first-order valence-corrected chi connectivity index (χ1v) is 20.6. The molecule has 0 unspecified atom stereocenters. The first kappa shape index (κ1) is 35.7. The van der Waals surface area contributed by atoms with E-state index in [4.69, 9.17) is 0 Å². The van der Waals surface area contributed by atoms with Gasteiger partial charge in [-0.2, -0.15) is 0 Å². The molecule has 0 fully saturated rings. The third-order valence-corrected chi connectivity index (χ3v) is 12.5. The maximum atomic E-state index is 16.3. The van der Waals surface area contributed by atoms with Gasteiger partial charge in [0.25, 0.3) is 0 Å². The highest BCUT2D eigenvalue weighted by molar-refractivity contribution is 6.16. The number of nitrogens with zero attached hydrogens (tertiary/aromatic N) is 2. The van der Waals surface area contributed by atoms with E-state index in [-0.39, 0.29) is 11.2 Å². The van der Waals surface area contributed by atoms with Crippen molar-refractivity contribution in [3.8, 4) is 50.3 Å². The second kappa shape index (κ2) is 14.1. The Balaban J connectivity index is 1.11. The van der Waals surface area contributed by atoms with Crippen molar-refractivity contribution in [1.29, 1.82) is 0 Å². The molecule has 60 heavy (non-hydrogen) atoms. The van der Waals surface area contributed by atoms with E-state index in [1.54, 1.807) is 6.07 Å². The minimum Gasteiger partial charge on any atom is -0.310 e. The molecule has 0 aliphatic heterocycles. The van der Waals surface area contributed by atoms with Gasteiger partial charge in [-0.1, -0.05) is 172 Å². The molecule has 286 valence electrons. The lowest BCUT2D eigenvalue weighted by Gasteiger charge is -2.28. The van der Waals surface area contributed by atoms with Gasteiger partial charge in [-0.15, -0.1) is 0 Å². The van der Waals surface area contributed by atoms with E-state index in [2.05, 4.69) is 193 Å². The van der Waals surface area contributed by atoms with Gasteiger partial charge in [0, 0.05) is 49.9 Å². The van der Waals surface area contributed by atoms with Crippen LogP contribution in [0.25, 0.3) is 72.0 Å². The molecule has 0 spiro atoms. The third-order valence-electron chi connectivity index (χ3n) is 12.5. The summed E-state index contributed by atoms with van der Waals surface area (Å²) in [5.41, 5.74) is 16.8. The number of hydrogen-bond acceptors (Lipinski definition) is 1. The van der Waals surface area contributed by atoms with Crippen LogP contribution in [0.3, 0.4) is 0 Å². The molecule has 9 aromatic carbocycles. The molecular formula is C57H41FN2. The molecule has 0 N–H and O–H groups in total. The molecule has 0 atom stereocenters. The normalized spacial score (nSPS) is 12.7. The summed E-state index contributed by atoms with van der Waals surface area (Å²) < 4.78 is 18.6. The van der Waals surface area contributed by atoms with Crippen LogP contribution in [0, 0.1) is 5.82 Å². The number of para-hydroxylation sites is 1. The Morgan fingerprint density at radius 1 is 0.417 bits per heavy atom. The molecule has 2 nitrogen and oxygen atoms in total. The fourth-order valence-corrected chi connectivity index (χ4v) is 9.58. The number of halogens is 1. The predicted octanol–water partition coefficient (Wildman–Crippen LogP) is 15.7. The largest absolute Gasteiger partial charge is 0.310 e. The zero-order valence-corrected chi connectivity index (χ0v) is 33.5. The van der Waals surface area contributed by atoms with Crippen LogP contribution in [0.1, 0.15) is 25.0 Å². The topological polar surface area (TPSA) is 8.17 Å². The van der Waals surface area contributed by atoms with Gasteiger partial charge in [-0.25, -0.2) is 4.39 Å². The highest BCUT2D eigenvalue weighted by Crippen LogP contribution is 2.51. The van der Waals surface area contributed by atoms with E-state index in [1.165, 1.54) is 33.4 Å². The molecule has 11 rings (SSSR count). The Kier molecular flexibility index (Phi) is 8.38. The fourth-order valence-electron chi connectivity index (χ4n) is 9.58. The Morgan fingerprint density at radius 3 is 1.62 bits per heavy atom. The van der Waals surface area contributed by atoms with E-state index < -0.39 is 0 Å². The number of aromatic nitrogens is 1. The molecule has 1 aromatic heterocycles. The fraction of sp³-hybridized carbons (Fsp3) is 0.0526.